The highest BCUT2D eigenvalue weighted by molar-refractivity contribution is 7.13. The number of benzene rings is 2. The molecule has 152 valence electrons. The molecule has 4 rings (SSSR count). The molecular formula is C22H18FN3O3S. The maximum Gasteiger partial charge on any atom is 0.326 e. The van der Waals surface area contributed by atoms with E-state index in [0.717, 1.165) is 22.0 Å². The number of H-pyrrole nitrogens is 1. The lowest BCUT2D eigenvalue weighted by molar-refractivity contribution is -0.141. The van der Waals surface area contributed by atoms with Crippen molar-refractivity contribution in [2.45, 2.75) is 18.9 Å². The number of hydrogen-bond donors (Lipinski definition) is 3. The summed E-state index contributed by atoms with van der Waals surface area (Å²) >= 11 is 1.35. The summed E-state index contributed by atoms with van der Waals surface area (Å²) in [4.78, 5) is 31.7. The van der Waals surface area contributed by atoms with Crippen LogP contribution in [0.5, 0.6) is 0 Å². The first kappa shape index (κ1) is 19.8. The maximum atomic E-state index is 13.1. The highest BCUT2D eigenvalue weighted by Gasteiger charge is 2.22. The SMILES string of the molecule is O=C(Cc1csc(-c2ccc(F)cc2)n1)N[C@@H](Cc1c[nH]c2ccccc12)C(=O)O. The Labute approximate surface area is 175 Å². The molecule has 4 aromatic rings. The summed E-state index contributed by atoms with van der Waals surface area (Å²) in [5.41, 5.74) is 3.04. The normalized spacial score (nSPS) is 12.0. The molecule has 3 N–H and O–H groups in total. The van der Waals surface area contributed by atoms with Gasteiger partial charge in [0.2, 0.25) is 5.91 Å². The summed E-state index contributed by atoms with van der Waals surface area (Å²) in [7, 11) is 0. The van der Waals surface area contributed by atoms with Gasteiger partial charge < -0.3 is 15.4 Å². The Morgan fingerprint density at radius 2 is 1.93 bits per heavy atom. The second-order valence-corrected chi connectivity index (χ2v) is 7.71. The Hall–Kier alpha value is -3.52. The van der Waals surface area contributed by atoms with Gasteiger partial charge in [-0.25, -0.2) is 14.2 Å². The molecule has 0 bridgehead atoms. The van der Waals surface area contributed by atoms with Crippen molar-refractivity contribution in [1.29, 1.82) is 0 Å². The summed E-state index contributed by atoms with van der Waals surface area (Å²) in [6, 6.07) is 12.5. The smallest absolute Gasteiger partial charge is 0.326 e. The van der Waals surface area contributed by atoms with Crippen LogP contribution in [-0.2, 0) is 22.4 Å². The molecule has 1 atom stereocenters. The van der Waals surface area contributed by atoms with Crippen LogP contribution >= 0.6 is 11.3 Å². The van der Waals surface area contributed by atoms with E-state index in [1.54, 1.807) is 23.7 Å². The molecule has 2 aromatic carbocycles. The number of rotatable bonds is 7. The first-order valence-electron chi connectivity index (χ1n) is 9.27. The third-order valence-electron chi connectivity index (χ3n) is 4.72. The number of fused-ring (bicyclic) bond motifs is 1. The number of aromatic nitrogens is 2. The number of thiazole rings is 1. The van der Waals surface area contributed by atoms with Crippen molar-refractivity contribution >= 4 is 34.1 Å². The van der Waals surface area contributed by atoms with Crippen LogP contribution < -0.4 is 5.32 Å². The van der Waals surface area contributed by atoms with Gasteiger partial charge in [-0.2, -0.15) is 0 Å². The first-order chi connectivity index (χ1) is 14.5. The van der Waals surface area contributed by atoms with E-state index in [2.05, 4.69) is 15.3 Å². The third-order valence-corrected chi connectivity index (χ3v) is 5.66. The molecule has 6 nitrogen and oxygen atoms in total. The van der Waals surface area contributed by atoms with E-state index in [9.17, 15) is 19.1 Å². The standard InChI is InChI=1S/C22H18FN3O3S/c23-15-7-5-13(6-8-15)21-25-16(12-30-21)10-20(27)26-19(22(28)29)9-14-11-24-18-4-2-1-3-17(14)18/h1-8,11-12,19,24H,9-10H2,(H,26,27)(H,28,29)/t19-/m0/s1. The number of para-hydroxylation sites is 1. The predicted octanol–water partition coefficient (Wildman–Crippen LogP) is 3.79. The van der Waals surface area contributed by atoms with Crippen LogP contribution in [0.1, 0.15) is 11.3 Å². The highest BCUT2D eigenvalue weighted by atomic mass is 32.1. The zero-order valence-electron chi connectivity index (χ0n) is 15.8. The molecule has 0 aliphatic heterocycles. The van der Waals surface area contributed by atoms with Crippen LogP contribution in [0.2, 0.25) is 0 Å². The molecule has 0 aliphatic rings. The average Bonchev–Trinajstić information content (AvgIpc) is 3.35. The summed E-state index contributed by atoms with van der Waals surface area (Å²) in [6.45, 7) is 0. The number of hydrogen-bond acceptors (Lipinski definition) is 4. The monoisotopic (exact) mass is 423 g/mol. The summed E-state index contributed by atoms with van der Waals surface area (Å²) in [6.07, 6.45) is 1.90. The molecule has 0 saturated heterocycles. The number of amides is 1. The van der Waals surface area contributed by atoms with E-state index in [-0.39, 0.29) is 18.7 Å². The molecular weight excluding hydrogens is 405 g/mol. The highest BCUT2D eigenvalue weighted by Crippen LogP contribution is 2.24. The molecule has 0 saturated carbocycles. The summed E-state index contributed by atoms with van der Waals surface area (Å²) < 4.78 is 13.1. The van der Waals surface area contributed by atoms with Gasteiger partial charge in [0.1, 0.15) is 16.9 Å². The zero-order chi connectivity index (χ0) is 21.1. The van der Waals surface area contributed by atoms with E-state index in [1.165, 1.54) is 23.5 Å². The zero-order valence-corrected chi connectivity index (χ0v) is 16.6. The van der Waals surface area contributed by atoms with E-state index < -0.39 is 17.9 Å². The number of carbonyl (C=O) groups excluding carboxylic acids is 1. The minimum Gasteiger partial charge on any atom is -0.480 e. The Kier molecular flexibility index (Phi) is 5.58. The number of nitrogens with one attached hydrogen (secondary N) is 2. The lowest BCUT2D eigenvalue weighted by atomic mass is 10.0. The third kappa shape index (κ3) is 4.38. The number of nitrogens with zero attached hydrogens (tertiary/aromatic N) is 1. The molecule has 1 amide bonds. The number of carboxylic acid groups (broad SMARTS) is 1. The summed E-state index contributed by atoms with van der Waals surface area (Å²) in [5.74, 6) is -1.85. The van der Waals surface area contributed by atoms with Crippen molar-refractivity contribution in [1.82, 2.24) is 15.3 Å². The van der Waals surface area contributed by atoms with Gasteiger partial charge in [0, 0.05) is 34.5 Å². The van der Waals surface area contributed by atoms with E-state index in [1.807, 2.05) is 24.3 Å². The lowest BCUT2D eigenvalue weighted by Crippen LogP contribution is -2.43. The van der Waals surface area contributed by atoms with Crippen molar-refractivity contribution in [2.75, 3.05) is 0 Å². The molecule has 2 heterocycles. The van der Waals surface area contributed by atoms with Crippen LogP contribution in [0.4, 0.5) is 4.39 Å². The first-order valence-corrected chi connectivity index (χ1v) is 10.1. The maximum absolute atomic E-state index is 13.1. The van der Waals surface area contributed by atoms with Crippen LogP contribution in [0.25, 0.3) is 21.5 Å². The molecule has 0 spiro atoms. The van der Waals surface area contributed by atoms with Gasteiger partial charge in [-0.05, 0) is 35.9 Å². The molecule has 0 radical (unpaired) electrons. The van der Waals surface area contributed by atoms with Gasteiger partial charge in [-0.1, -0.05) is 18.2 Å². The molecule has 0 unspecified atom stereocenters. The van der Waals surface area contributed by atoms with Crippen LogP contribution in [0.3, 0.4) is 0 Å². The van der Waals surface area contributed by atoms with Crippen molar-refractivity contribution < 1.29 is 19.1 Å². The van der Waals surface area contributed by atoms with Gasteiger partial charge in [0.05, 0.1) is 12.1 Å². The van der Waals surface area contributed by atoms with Crippen molar-refractivity contribution in [3.8, 4) is 10.6 Å². The Morgan fingerprint density at radius 3 is 2.70 bits per heavy atom. The van der Waals surface area contributed by atoms with Gasteiger partial charge in [0.25, 0.3) is 0 Å². The lowest BCUT2D eigenvalue weighted by Gasteiger charge is -2.14. The Bertz CT molecular complexity index is 1200. The largest absolute Gasteiger partial charge is 0.480 e. The number of aliphatic carboxylic acids is 1. The molecule has 0 aliphatic carbocycles. The topological polar surface area (TPSA) is 95.1 Å². The van der Waals surface area contributed by atoms with Crippen molar-refractivity contribution in [3.63, 3.8) is 0 Å². The van der Waals surface area contributed by atoms with Gasteiger partial charge in [0.15, 0.2) is 0 Å². The van der Waals surface area contributed by atoms with E-state index in [4.69, 9.17) is 0 Å². The second-order valence-electron chi connectivity index (χ2n) is 6.85. The second kappa shape index (κ2) is 8.46. The quantitative estimate of drug-likeness (QED) is 0.422. The average molecular weight is 423 g/mol. The number of aromatic amines is 1. The molecule has 0 fully saturated rings. The Morgan fingerprint density at radius 1 is 1.17 bits per heavy atom. The minimum absolute atomic E-state index is 0.0324. The summed E-state index contributed by atoms with van der Waals surface area (Å²) in [5, 5.41) is 15.5. The number of carbonyl (C=O) groups is 2. The van der Waals surface area contributed by atoms with Crippen LogP contribution in [0, 0.1) is 5.82 Å². The van der Waals surface area contributed by atoms with Crippen LogP contribution in [0.15, 0.2) is 60.1 Å². The fourth-order valence-corrected chi connectivity index (χ4v) is 4.07. The fraction of sp³-hybridized carbons (Fsp3) is 0.136. The van der Waals surface area contributed by atoms with Crippen molar-refractivity contribution in [2.24, 2.45) is 0 Å². The number of halogens is 1. The predicted molar refractivity (Wildman–Crippen MR) is 113 cm³/mol. The van der Waals surface area contributed by atoms with Gasteiger partial charge >= 0.3 is 5.97 Å². The minimum atomic E-state index is -1.10. The van der Waals surface area contributed by atoms with Gasteiger partial charge in [-0.15, -0.1) is 11.3 Å². The molecule has 30 heavy (non-hydrogen) atoms. The molecule has 8 heteroatoms. The van der Waals surface area contributed by atoms with Crippen LogP contribution in [-0.4, -0.2) is 33.0 Å². The van der Waals surface area contributed by atoms with E-state index >= 15 is 0 Å². The molecule has 2 aromatic heterocycles. The van der Waals surface area contributed by atoms with Gasteiger partial charge in [-0.3, -0.25) is 4.79 Å². The number of carboxylic acids is 1. The van der Waals surface area contributed by atoms with E-state index in [0.29, 0.717) is 10.7 Å². The Balaban J connectivity index is 1.42. The van der Waals surface area contributed by atoms with Crippen molar-refractivity contribution in [3.05, 3.63) is 77.2 Å². The fourth-order valence-electron chi connectivity index (χ4n) is 3.24.